The Morgan fingerprint density at radius 3 is 2.62 bits per heavy atom. The molecule has 1 amide bonds. The van der Waals surface area contributed by atoms with Gasteiger partial charge in [0.05, 0.1) is 17.0 Å². The molecule has 7 heteroatoms. The van der Waals surface area contributed by atoms with E-state index in [0.717, 1.165) is 5.56 Å². The molecule has 0 aliphatic carbocycles. The minimum Gasteiger partial charge on any atom is -0.452 e. The summed E-state index contributed by atoms with van der Waals surface area (Å²) in [6.07, 6.45) is 0. The van der Waals surface area contributed by atoms with Crippen LogP contribution < -0.4 is 5.32 Å². The number of amides is 1. The molecule has 7 nitrogen and oxygen atoms in total. The van der Waals surface area contributed by atoms with Crippen molar-refractivity contribution in [2.24, 2.45) is 5.92 Å². The Balaban J connectivity index is 1.73. The Labute approximate surface area is 168 Å². The fraction of sp³-hybridized carbons (Fsp3) is 0.273. The molecular formula is C22H21N3O4. The molecule has 0 saturated carbocycles. The lowest BCUT2D eigenvalue weighted by atomic mass is 9.90. The van der Waals surface area contributed by atoms with Crippen LogP contribution in [0.1, 0.15) is 31.1 Å². The Morgan fingerprint density at radius 2 is 1.97 bits per heavy atom. The summed E-state index contributed by atoms with van der Waals surface area (Å²) in [5, 5.41) is 16.6. The minimum atomic E-state index is -1.03. The topological polar surface area (TPSA) is 105 Å². The van der Waals surface area contributed by atoms with E-state index in [4.69, 9.17) is 9.26 Å². The van der Waals surface area contributed by atoms with Gasteiger partial charge in [-0.05, 0) is 31.0 Å². The molecule has 3 aromatic rings. The van der Waals surface area contributed by atoms with E-state index in [1.807, 2.05) is 44.2 Å². The first kappa shape index (κ1) is 20.1. The van der Waals surface area contributed by atoms with Gasteiger partial charge in [0, 0.05) is 5.56 Å². The molecule has 29 heavy (non-hydrogen) atoms. The van der Waals surface area contributed by atoms with Crippen molar-refractivity contribution in [3.8, 4) is 17.4 Å². The van der Waals surface area contributed by atoms with Crippen LogP contribution in [0.15, 0.2) is 53.1 Å². The molecule has 1 heterocycles. The Hall–Kier alpha value is -3.66. The van der Waals surface area contributed by atoms with Crippen LogP contribution in [0.2, 0.25) is 0 Å². The van der Waals surface area contributed by atoms with Gasteiger partial charge in [0.2, 0.25) is 0 Å². The van der Waals surface area contributed by atoms with Gasteiger partial charge in [-0.25, -0.2) is 4.79 Å². The number of benzene rings is 2. The smallest absolute Gasteiger partial charge is 0.338 e. The van der Waals surface area contributed by atoms with Crippen LogP contribution in [0.4, 0.5) is 0 Å². The molecule has 3 rings (SSSR count). The second-order valence-electron chi connectivity index (χ2n) is 7.20. The van der Waals surface area contributed by atoms with Crippen molar-refractivity contribution in [2.45, 2.75) is 26.3 Å². The zero-order valence-electron chi connectivity index (χ0n) is 16.4. The zero-order chi connectivity index (χ0) is 21.0. The molecule has 148 valence electrons. The van der Waals surface area contributed by atoms with Crippen molar-refractivity contribution in [3.05, 3.63) is 54.1 Å². The Morgan fingerprint density at radius 1 is 1.24 bits per heavy atom. The van der Waals surface area contributed by atoms with Gasteiger partial charge >= 0.3 is 5.97 Å². The second-order valence-corrected chi connectivity index (χ2v) is 7.20. The molecule has 1 aromatic heterocycles. The highest BCUT2D eigenvalue weighted by atomic mass is 16.5. The summed E-state index contributed by atoms with van der Waals surface area (Å²) >= 11 is 0. The van der Waals surface area contributed by atoms with Gasteiger partial charge in [0.25, 0.3) is 5.91 Å². The minimum absolute atomic E-state index is 0.0976. The average molecular weight is 391 g/mol. The predicted octanol–water partition coefficient (Wildman–Crippen LogP) is 3.71. The van der Waals surface area contributed by atoms with Gasteiger partial charge < -0.3 is 14.6 Å². The van der Waals surface area contributed by atoms with Crippen molar-refractivity contribution in [1.82, 2.24) is 10.5 Å². The predicted molar refractivity (Wildman–Crippen MR) is 107 cm³/mol. The first-order chi connectivity index (χ1) is 13.8. The third-order valence-corrected chi connectivity index (χ3v) is 4.87. The summed E-state index contributed by atoms with van der Waals surface area (Å²) in [6.45, 7) is 4.81. The number of hydrogen-bond acceptors (Lipinski definition) is 6. The number of aromatic nitrogens is 1. The van der Waals surface area contributed by atoms with Crippen molar-refractivity contribution in [2.75, 3.05) is 6.61 Å². The van der Waals surface area contributed by atoms with Gasteiger partial charge in [-0.15, -0.1) is 0 Å². The van der Waals surface area contributed by atoms with Crippen LogP contribution in [-0.4, -0.2) is 29.2 Å². The van der Waals surface area contributed by atoms with Crippen LogP contribution in [0.25, 0.3) is 22.2 Å². The SMILES string of the molecule is CC(C)[C@](C)(C#N)NC(=O)COC(=O)c1ccc2noc(-c3ccccc3)c2c1. The van der Waals surface area contributed by atoms with E-state index in [-0.39, 0.29) is 11.5 Å². The van der Waals surface area contributed by atoms with Gasteiger partial charge in [-0.1, -0.05) is 49.3 Å². The Bertz CT molecular complexity index is 1080. The molecule has 2 aromatic carbocycles. The van der Waals surface area contributed by atoms with Gasteiger partial charge in [-0.2, -0.15) is 5.26 Å². The largest absolute Gasteiger partial charge is 0.452 e. The molecule has 0 radical (unpaired) electrons. The fourth-order valence-corrected chi connectivity index (χ4v) is 2.71. The average Bonchev–Trinajstić information content (AvgIpc) is 3.15. The highest BCUT2D eigenvalue weighted by molar-refractivity contribution is 5.99. The summed E-state index contributed by atoms with van der Waals surface area (Å²) < 4.78 is 10.5. The molecule has 0 unspecified atom stereocenters. The molecular weight excluding hydrogens is 370 g/mol. The lowest BCUT2D eigenvalue weighted by Crippen LogP contribution is -2.50. The maximum Gasteiger partial charge on any atom is 0.338 e. The summed E-state index contributed by atoms with van der Waals surface area (Å²) in [4.78, 5) is 24.5. The number of fused-ring (bicyclic) bond motifs is 1. The molecule has 0 spiro atoms. The van der Waals surface area contributed by atoms with Gasteiger partial charge in [0.15, 0.2) is 12.4 Å². The molecule has 0 fully saturated rings. The standard InChI is InChI=1S/C22H21N3O4/c1-14(2)22(3,13-23)24-19(26)12-28-21(27)16-9-10-18-17(11-16)20(29-25-18)15-7-5-4-6-8-15/h4-11,14H,12H2,1-3H3,(H,24,26)/t22-/m0/s1. The lowest BCUT2D eigenvalue weighted by Gasteiger charge is -2.27. The summed E-state index contributed by atoms with van der Waals surface area (Å²) in [7, 11) is 0. The maximum absolute atomic E-state index is 12.4. The number of ether oxygens (including phenoxy) is 1. The number of carbonyl (C=O) groups excluding carboxylic acids is 2. The monoisotopic (exact) mass is 391 g/mol. The van der Waals surface area contributed by atoms with Crippen LogP contribution in [0.3, 0.4) is 0 Å². The highest BCUT2D eigenvalue weighted by Gasteiger charge is 2.30. The lowest BCUT2D eigenvalue weighted by molar-refractivity contribution is -0.125. The molecule has 0 saturated heterocycles. The van der Waals surface area contributed by atoms with E-state index >= 15 is 0 Å². The van der Waals surface area contributed by atoms with Crippen LogP contribution in [0.5, 0.6) is 0 Å². The van der Waals surface area contributed by atoms with E-state index in [1.54, 1.807) is 25.1 Å². The van der Waals surface area contributed by atoms with Gasteiger partial charge in [-0.3, -0.25) is 4.79 Å². The van der Waals surface area contributed by atoms with Crippen molar-refractivity contribution >= 4 is 22.8 Å². The highest BCUT2D eigenvalue weighted by Crippen LogP contribution is 2.29. The van der Waals surface area contributed by atoms with Crippen LogP contribution >= 0.6 is 0 Å². The third kappa shape index (κ3) is 4.27. The first-order valence-corrected chi connectivity index (χ1v) is 9.18. The van der Waals surface area contributed by atoms with Crippen LogP contribution in [0, 0.1) is 17.2 Å². The third-order valence-electron chi connectivity index (χ3n) is 4.87. The number of carbonyl (C=O) groups is 2. The summed E-state index contributed by atoms with van der Waals surface area (Å²) in [5.74, 6) is -0.730. The molecule has 1 N–H and O–H groups in total. The fourth-order valence-electron chi connectivity index (χ4n) is 2.71. The van der Waals surface area contributed by atoms with E-state index in [0.29, 0.717) is 16.7 Å². The maximum atomic E-state index is 12.4. The van der Waals surface area contributed by atoms with Crippen molar-refractivity contribution < 1.29 is 18.8 Å². The number of hydrogen-bond donors (Lipinski definition) is 1. The molecule has 0 aliphatic heterocycles. The molecule has 1 atom stereocenters. The number of nitriles is 1. The molecule has 0 bridgehead atoms. The first-order valence-electron chi connectivity index (χ1n) is 9.18. The van der Waals surface area contributed by atoms with Crippen molar-refractivity contribution in [3.63, 3.8) is 0 Å². The summed E-state index contributed by atoms with van der Waals surface area (Å²) in [6, 6.07) is 16.4. The van der Waals surface area contributed by atoms with E-state index in [2.05, 4.69) is 16.5 Å². The number of esters is 1. The van der Waals surface area contributed by atoms with Gasteiger partial charge in [0.1, 0.15) is 11.1 Å². The quantitative estimate of drug-likeness (QED) is 0.642. The van der Waals surface area contributed by atoms with Crippen molar-refractivity contribution in [1.29, 1.82) is 5.26 Å². The van der Waals surface area contributed by atoms with Crippen LogP contribution in [-0.2, 0) is 9.53 Å². The summed E-state index contributed by atoms with van der Waals surface area (Å²) in [5.41, 5.74) is 0.692. The zero-order valence-corrected chi connectivity index (χ0v) is 16.4. The van der Waals surface area contributed by atoms with E-state index in [9.17, 15) is 14.9 Å². The second kappa shape index (κ2) is 8.15. The Kier molecular flexibility index (Phi) is 5.64. The molecule has 0 aliphatic rings. The number of nitrogens with zero attached hydrogens (tertiary/aromatic N) is 2. The number of nitrogens with one attached hydrogen (secondary N) is 1. The normalized spacial score (nSPS) is 12.9. The van der Waals surface area contributed by atoms with E-state index in [1.165, 1.54) is 0 Å². The number of rotatable bonds is 6. The van der Waals surface area contributed by atoms with E-state index < -0.39 is 24.0 Å².